The molecule has 3 aromatic rings. The summed E-state index contributed by atoms with van der Waals surface area (Å²) < 4.78 is 0. The number of hydrogen-bond donors (Lipinski definition) is 2. The number of anilines is 2. The number of para-hydroxylation sites is 1. The third kappa shape index (κ3) is 4.11. The van der Waals surface area contributed by atoms with E-state index in [0.29, 0.717) is 18.1 Å². The highest BCUT2D eigenvalue weighted by Gasteiger charge is 2.09. The molecule has 1 amide bonds. The van der Waals surface area contributed by atoms with Gasteiger partial charge in [0.1, 0.15) is 10.0 Å². The van der Waals surface area contributed by atoms with Gasteiger partial charge in [-0.1, -0.05) is 36.5 Å². The van der Waals surface area contributed by atoms with Gasteiger partial charge in [-0.05, 0) is 18.6 Å². The Kier molecular flexibility index (Phi) is 5.07. The van der Waals surface area contributed by atoms with Gasteiger partial charge < -0.3 is 10.6 Å². The van der Waals surface area contributed by atoms with Gasteiger partial charge in [0, 0.05) is 18.1 Å². The Morgan fingerprint density at radius 1 is 1.08 bits per heavy atom. The molecule has 2 aromatic heterocycles. The summed E-state index contributed by atoms with van der Waals surface area (Å²) in [5, 5.41) is 15.6. The molecule has 3 rings (SSSR count). The van der Waals surface area contributed by atoms with Crippen LogP contribution in [0.3, 0.4) is 0 Å². The van der Waals surface area contributed by atoms with Crippen LogP contribution in [0.4, 0.5) is 11.6 Å². The molecule has 0 saturated carbocycles. The van der Waals surface area contributed by atoms with E-state index in [1.165, 1.54) is 23.7 Å². The van der Waals surface area contributed by atoms with Crippen LogP contribution in [-0.2, 0) is 13.0 Å². The number of rotatable bonds is 6. The number of carbonyl (C=O) groups excluding carboxylic acids is 1. The van der Waals surface area contributed by atoms with Crippen molar-refractivity contribution in [2.24, 2.45) is 0 Å². The highest BCUT2D eigenvalue weighted by molar-refractivity contribution is 7.11. The Morgan fingerprint density at radius 2 is 1.79 bits per heavy atom. The number of aromatic nitrogens is 4. The average Bonchev–Trinajstić information content (AvgIpc) is 3.09. The van der Waals surface area contributed by atoms with Crippen LogP contribution in [0.15, 0.2) is 42.7 Å². The van der Waals surface area contributed by atoms with Gasteiger partial charge in [0.25, 0.3) is 5.91 Å². The molecule has 0 spiro atoms. The van der Waals surface area contributed by atoms with Crippen molar-refractivity contribution in [2.75, 3.05) is 5.32 Å². The van der Waals surface area contributed by atoms with E-state index < -0.39 is 0 Å². The Balaban J connectivity index is 1.57. The normalized spacial score (nSPS) is 10.4. The van der Waals surface area contributed by atoms with Crippen LogP contribution >= 0.6 is 11.3 Å². The van der Waals surface area contributed by atoms with Gasteiger partial charge in [-0.25, -0.2) is 9.97 Å². The summed E-state index contributed by atoms with van der Waals surface area (Å²) in [6.45, 7) is 2.37. The second-order valence-corrected chi connectivity index (χ2v) is 6.06. The van der Waals surface area contributed by atoms with E-state index in [1.54, 1.807) is 0 Å². The maximum atomic E-state index is 12.1. The van der Waals surface area contributed by atoms with Crippen LogP contribution in [0.2, 0.25) is 0 Å². The maximum absolute atomic E-state index is 12.1. The molecule has 0 fully saturated rings. The summed E-state index contributed by atoms with van der Waals surface area (Å²) in [5.74, 6) is 0.198. The maximum Gasteiger partial charge on any atom is 0.254 e. The average molecular weight is 340 g/mol. The Morgan fingerprint density at radius 3 is 2.46 bits per heavy atom. The second-order valence-electron chi connectivity index (χ2n) is 4.91. The quantitative estimate of drug-likeness (QED) is 0.716. The molecule has 2 heterocycles. The predicted molar refractivity (Wildman–Crippen MR) is 92.2 cm³/mol. The van der Waals surface area contributed by atoms with E-state index in [1.807, 2.05) is 37.3 Å². The van der Waals surface area contributed by atoms with Crippen molar-refractivity contribution in [1.29, 1.82) is 0 Å². The molecule has 0 saturated heterocycles. The zero-order chi connectivity index (χ0) is 16.8. The van der Waals surface area contributed by atoms with Crippen LogP contribution in [0.25, 0.3) is 0 Å². The summed E-state index contributed by atoms with van der Waals surface area (Å²) in [7, 11) is 0. The molecular weight excluding hydrogens is 324 g/mol. The molecule has 0 bridgehead atoms. The van der Waals surface area contributed by atoms with E-state index >= 15 is 0 Å². The zero-order valence-electron chi connectivity index (χ0n) is 13.1. The fourth-order valence-electron chi connectivity index (χ4n) is 1.92. The lowest BCUT2D eigenvalue weighted by molar-refractivity contribution is 0.0950. The van der Waals surface area contributed by atoms with Gasteiger partial charge >= 0.3 is 0 Å². The molecule has 0 aliphatic rings. The van der Waals surface area contributed by atoms with Gasteiger partial charge in [0.05, 0.1) is 12.1 Å². The summed E-state index contributed by atoms with van der Waals surface area (Å²) >= 11 is 1.50. The third-order valence-electron chi connectivity index (χ3n) is 3.16. The molecule has 24 heavy (non-hydrogen) atoms. The molecule has 0 unspecified atom stereocenters. The van der Waals surface area contributed by atoms with Gasteiger partial charge in [-0.2, -0.15) is 0 Å². The predicted octanol–water partition coefficient (Wildman–Crippen LogP) is 2.56. The first-order valence-electron chi connectivity index (χ1n) is 7.48. The first kappa shape index (κ1) is 16.0. The lowest BCUT2D eigenvalue weighted by Crippen LogP contribution is -2.23. The van der Waals surface area contributed by atoms with Crippen LogP contribution in [0, 0.1) is 0 Å². The van der Waals surface area contributed by atoms with Gasteiger partial charge in [0.2, 0.25) is 5.95 Å². The lowest BCUT2D eigenvalue weighted by atomic mass is 10.3. The smallest absolute Gasteiger partial charge is 0.254 e. The topological polar surface area (TPSA) is 92.7 Å². The Hall–Kier alpha value is -2.87. The Labute approximate surface area is 143 Å². The van der Waals surface area contributed by atoms with Crippen molar-refractivity contribution in [3.8, 4) is 0 Å². The van der Waals surface area contributed by atoms with Crippen molar-refractivity contribution in [2.45, 2.75) is 19.9 Å². The molecule has 0 atom stereocenters. The molecular formula is C16H16N6OS. The molecule has 0 aliphatic carbocycles. The van der Waals surface area contributed by atoms with Gasteiger partial charge in [-0.15, -0.1) is 10.2 Å². The van der Waals surface area contributed by atoms with Gasteiger partial charge in [-0.3, -0.25) is 4.79 Å². The minimum Gasteiger partial charge on any atom is -0.345 e. The van der Waals surface area contributed by atoms with E-state index in [9.17, 15) is 4.79 Å². The lowest BCUT2D eigenvalue weighted by Gasteiger charge is -2.05. The number of benzene rings is 1. The van der Waals surface area contributed by atoms with E-state index in [4.69, 9.17) is 0 Å². The number of nitrogens with zero attached hydrogens (tertiary/aromatic N) is 4. The molecule has 0 aliphatic heterocycles. The summed E-state index contributed by atoms with van der Waals surface area (Å²) in [5.41, 5.74) is 1.28. The summed E-state index contributed by atoms with van der Waals surface area (Å²) in [6, 6.07) is 9.59. The Bertz CT molecular complexity index is 803. The van der Waals surface area contributed by atoms with E-state index in [0.717, 1.165) is 22.1 Å². The highest BCUT2D eigenvalue weighted by atomic mass is 32.1. The molecule has 122 valence electrons. The minimum absolute atomic E-state index is 0.241. The number of carbonyl (C=O) groups is 1. The second kappa shape index (κ2) is 7.60. The third-order valence-corrected chi connectivity index (χ3v) is 4.22. The summed E-state index contributed by atoms with van der Waals surface area (Å²) in [4.78, 5) is 20.4. The largest absolute Gasteiger partial charge is 0.345 e. The van der Waals surface area contributed by atoms with E-state index in [-0.39, 0.29) is 5.91 Å². The van der Waals surface area contributed by atoms with Crippen molar-refractivity contribution >= 4 is 28.9 Å². The molecule has 8 heteroatoms. The SMILES string of the molecule is CCc1nnc(CNC(=O)c2cnc(Nc3ccccc3)nc2)s1. The van der Waals surface area contributed by atoms with Crippen LogP contribution in [0.1, 0.15) is 27.3 Å². The zero-order valence-corrected chi connectivity index (χ0v) is 13.9. The number of nitrogens with one attached hydrogen (secondary N) is 2. The van der Waals surface area contributed by atoms with Crippen LogP contribution in [-0.4, -0.2) is 26.1 Å². The number of hydrogen-bond acceptors (Lipinski definition) is 7. The van der Waals surface area contributed by atoms with Crippen molar-refractivity contribution in [3.63, 3.8) is 0 Å². The molecule has 2 N–H and O–H groups in total. The summed E-state index contributed by atoms with van der Waals surface area (Å²) in [6.07, 6.45) is 3.83. The van der Waals surface area contributed by atoms with E-state index in [2.05, 4.69) is 30.8 Å². The number of aryl methyl sites for hydroxylation is 1. The van der Waals surface area contributed by atoms with Crippen molar-refractivity contribution in [1.82, 2.24) is 25.5 Å². The minimum atomic E-state index is -0.241. The fraction of sp³-hybridized carbons (Fsp3) is 0.188. The highest BCUT2D eigenvalue weighted by Crippen LogP contribution is 2.12. The van der Waals surface area contributed by atoms with Gasteiger partial charge in [0.15, 0.2) is 0 Å². The molecule has 0 radical (unpaired) electrons. The fourth-order valence-corrected chi connectivity index (χ4v) is 2.65. The molecule has 1 aromatic carbocycles. The van der Waals surface area contributed by atoms with Crippen molar-refractivity contribution in [3.05, 3.63) is 58.3 Å². The number of amides is 1. The first-order chi connectivity index (χ1) is 11.7. The first-order valence-corrected chi connectivity index (χ1v) is 8.30. The molecule has 7 nitrogen and oxygen atoms in total. The standard InChI is InChI=1S/C16H16N6OS/c1-2-13-21-22-14(24-13)10-17-15(23)11-8-18-16(19-9-11)20-12-6-4-3-5-7-12/h3-9H,2,10H2,1H3,(H,17,23)(H,18,19,20). The monoisotopic (exact) mass is 340 g/mol. The van der Waals surface area contributed by atoms with Crippen molar-refractivity contribution < 1.29 is 4.79 Å². The van der Waals surface area contributed by atoms with Crippen LogP contribution in [0.5, 0.6) is 0 Å². The van der Waals surface area contributed by atoms with Crippen LogP contribution < -0.4 is 10.6 Å².